The van der Waals surface area contributed by atoms with Crippen LogP contribution in [-0.4, -0.2) is 67.6 Å². The van der Waals surface area contributed by atoms with Gasteiger partial charge in [-0.2, -0.15) is 5.09 Å². The van der Waals surface area contributed by atoms with Gasteiger partial charge in [0.1, 0.15) is 37.4 Å². The highest BCUT2D eigenvalue weighted by atomic mass is 31.2. The van der Waals surface area contributed by atoms with Gasteiger partial charge in [0.25, 0.3) is 0 Å². The van der Waals surface area contributed by atoms with Crippen molar-refractivity contribution in [1.29, 1.82) is 0 Å². The van der Waals surface area contributed by atoms with Crippen LogP contribution in [0.5, 0.6) is 5.75 Å². The Bertz CT molecular complexity index is 688. The van der Waals surface area contributed by atoms with Gasteiger partial charge in [-0.05, 0) is 26.0 Å². The first-order chi connectivity index (χ1) is 12.6. The summed E-state index contributed by atoms with van der Waals surface area (Å²) in [6.45, 7) is 2.57. The largest absolute Gasteiger partial charge is 0.468 e. The molecule has 9 nitrogen and oxygen atoms in total. The summed E-state index contributed by atoms with van der Waals surface area (Å²) in [5.41, 5.74) is -1.47. The molecule has 0 saturated carbocycles. The number of methoxy groups -OCH3 is 1. The van der Waals surface area contributed by atoms with E-state index >= 15 is 0 Å². The van der Waals surface area contributed by atoms with Crippen molar-refractivity contribution in [1.82, 2.24) is 5.09 Å². The molecule has 0 aliphatic carbocycles. The van der Waals surface area contributed by atoms with Crippen molar-refractivity contribution in [3.8, 4) is 5.75 Å². The molecule has 0 bridgehead atoms. The Labute approximate surface area is 158 Å². The second kappa shape index (κ2) is 8.73. The van der Waals surface area contributed by atoms with E-state index in [-0.39, 0.29) is 12.4 Å². The molecule has 1 aliphatic rings. The van der Waals surface area contributed by atoms with Crippen LogP contribution in [0, 0.1) is 0 Å². The third kappa shape index (κ3) is 5.31. The molecule has 1 aromatic rings. The maximum absolute atomic E-state index is 13.2. The van der Waals surface area contributed by atoms with Crippen LogP contribution in [-0.2, 0) is 23.4 Å². The van der Waals surface area contributed by atoms with Crippen LogP contribution < -0.4 is 9.61 Å². The fraction of sp³-hybridized carbons (Fsp3) is 0.562. The first-order valence-electron chi connectivity index (χ1n) is 8.50. The molecule has 150 valence electrons. The fourth-order valence-corrected chi connectivity index (χ4v) is 4.07. The molecule has 1 saturated heterocycles. The second-order valence-electron chi connectivity index (χ2n) is 6.56. The maximum Gasteiger partial charge on any atom is 0.459 e. The Balaban J connectivity index is 2.12. The van der Waals surface area contributed by atoms with Crippen molar-refractivity contribution in [2.24, 2.45) is 0 Å². The van der Waals surface area contributed by atoms with E-state index in [0.29, 0.717) is 0 Å². The van der Waals surface area contributed by atoms with Gasteiger partial charge >= 0.3 is 13.7 Å². The summed E-state index contributed by atoms with van der Waals surface area (Å²) in [7, 11) is -1.21. The number of nitrogens with one attached hydrogen (secondary N) is 1. The number of para-hydroxylation sites is 1. The SMILES string of the molecule is BC1O[C@H](COP(=O)(N[C@H](C)C(=O)OC)Oc2ccccc2)[C@@H](O)[C@@]1(C)O. The number of hydrogen-bond donors (Lipinski definition) is 3. The summed E-state index contributed by atoms with van der Waals surface area (Å²) < 4.78 is 34.1. The molecule has 0 radical (unpaired) electrons. The van der Waals surface area contributed by atoms with E-state index in [1.54, 1.807) is 38.2 Å². The highest BCUT2D eigenvalue weighted by molar-refractivity contribution is 7.52. The summed E-state index contributed by atoms with van der Waals surface area (Å²) in [6.07, 6.45) is -2.16. The molecule has 0 amide bonds. The van der Waals surface area contributed by atoms with Crippen molar-refractivity contribution in [2.45, 2.75) is 43.7 Å². The van der Waals surface area contributed by atoms with E-state index in [1.807, 2.05) is 0 Å². The van der Waals surface area contributed by atoms with Crippen LogP contribution in [0.3, 0.4) is 0 Å². The Morgan fingerprint density at radius 1 is 1.44 bits per heavy atom. The smallest absolute Gasteiger partial charge is 0.459 e. The number of aliphatic hydroxyl groups excluding tert-OH is 1. The van der Waals surface area contributed by atoms with E-state index in [1.165, 1.54) is 21.0 Å². The minimum absolute atomic E-state index is 0.263. The average Bonchev–Trinajstić information content (AvgIpc) is 2.82. The zero-order valence-electron chi connectivity index (χ0n) is 15.7. The normalized spacial score (nSPS) is 31.1. The van der Waals surface area contributed by atoms with Crippen LogP contribution in [0.25, 0.3) is 0 Å². The van der Waals surface area contributed by atoms with Gasteiger partial charge in [0.2, 0.25) is 0 Å². The molecule has 0 spiro atoms. The highest BCUT2D eigenvalue weighted by Crippen LogP contribution is 2.45. The Kier molecular flexibility index (Phi) is 7.07. The van der Waals surface area contributed by atoms with Crippen molar-refractivity contribution in [3.05, 3.63) is 30.3 Å². The molecule has 1 fully saturated rings. The number of ether oxygens (including phenoxy) is 2. The number of carbonyl (C=O) groups is 1. The van der Waals surface area contributed by atoms with Crippen LogP contribution in [0.4, 0.5) is 0 Å². The predicted molar refractivity (Wildman–Crippen MR) is 99.1 cm³/mol. The Hall–Kier alpha value is -1.42. The summed E-state index contributed by atoms with van der Waals surface area (Å²) >= 11 is 0. The van der Waals surface area contributed by atoms with Crippen LogP contribution in [0.2, 0.25) is 0 Å². The van der Waals surface area contributed by atoms with Crippen molar-refractivity contribution < 1.29 is 38.1 Å². The zero-order valence-corrected chi connectivity index (χ0v) is 16.6. The first kappa shape index (κ1) is 21.9. The monoisotopic (exact) mass is 401 g/mol. The Morgan fingerprint density at radius 2 is 2.07 bits per heavy atom. The number of benzene rings is 1. The lowest BCUT2D eigenvalue weighted by atomic mass is 9.82. The molecule has 2 rings (SSSR count). The molecule has 3 N–H and O–H groups in total. The molecule has 2 unspecified atom stereocenters. The molecule has 27 heavy (non-hydrogen) atoms. The van der Waals surface area contributed by atoms with Gasteiger partial charge in [-0.3, -0.25) is 9.32 Å². The lowest BCUT2D eigenvalue weighted by Crippen LogP contribution is -2.46. The number of rotatable bonds is 8. The van der Waals surface area contributed by atoms with Gasteiger partial charge in [0.05, 0.1) is 19.7 Å². The molecule has 1 aliphatic heterocycles. The summed E-state index contributed by atoms with van der Waals surface area (Å²) in [5.74, 6) is -0.386. The molecule has 6 atom stereocenters. The van der Waals surface area contributed by atoms with Gasteiger partial charge in [0, 0.05) is 0 Å². The van der Waals surface area contributed by atoms with Crippen LogP contribution in [0.1, 0.15) is 13.8 Å². The van der Waals surface area contributed by atoms with Crippen molar-refractivity contribution in [2.75, 3.05) is 13.7 Å². The van der Waals surface area contributed by atoms with Crippen molar-refractivity contribution in [3.63, 3.8) is 0 Å². The number of esters is 1. The van der Waals surface area contributed by atoms with E-state index in [9.17, 15) is 19.6 Å². The summed E-state index contributed by atoms with van der Waals surface area (Å²) in [6, 6.07) is 6.68. The topological polar surface area (TPSA) is 124 Å². The van der Waals surface area contributed by atoms with E-state index in [0.717, 1.165) is 0 Å². The van der Waals surface area contributed by atoms with Crippen LogP contribution >= 0.6 is 7.75 Å². The minimum atomic E-state index is -4.03. The van der Waals surface area contributed by atoms with Gasteiger partial charge in [-0.1, -0.05) is 18.2 Å². The van der Waals surface area contributed by atoms with E-state index in [2.05, 4.69) is 9.82 Å². The van der Waals surface area contributed by atoms with E-state index in [4.69, 9.17) is 13.8 Å². The third-order valence-corrected chi connectivity index (χ3v) is 6.08. The third-order valence-electron chi connectivity index (χ3n) is 4.44. The van der Waals surface area contributed by atoms with E-state index < -0.39 is 43.6 Å². The summed E-state index contributed by atoms with van der Waals surface area (Å²) in [5, 5.41) is 22.9. The molecule has 0 aromatic heterocycles. The molecular weight excluding hydrogens is 376 g/mol. The molecule has 1 aromatic carbocycles. The Morgan fingerprint density at radius 3 is 2.59 bits per heavy atom. The predicted octanol–water partition coefficient (Wildman–Crippen LogP) is -0.189. The van der Waals surface area contributed by atoms with Gasteiger partial charge < -0.3 is 24.2 Å². The summed E-state index contributed by atoms with van der Waals surface area (Å²) in [4.78, 5) is 11.7. The second-order valence-corrected chi connectivity index (χ2v) is 8.25. The highest BCUT2D eigenvalue weighted by Gasteiger charge is 2.50. The lowest BCUT2D eigenvalue weighted by molar-refractivity contribution is -0.142. The standard InChI is InChI=1S/C16H25BNO8P/c1-10(14(20)23-3)18-27(22,26-11-7-5-4-6-8-11)24-9-12-13(19)16(2,21)15(17)25-12/h4-8,10,12-13,15,19,21H,9,17H2,1-3H3,(H,18,22)/t10-,12-,13-,15?,16-,27?/m1/s1. The van der Waals surface area contributed by atoms with Crippen LogP contribution in [0.15, 0.2) is 30.3 Å². The first-order valence-corrected chi connectivity index (χ1v) is 10.0. The fourth-order valence-electron chi connectivity index (χ4n) is 2.57. The number of aliphatic hydroxyl groups is 2. The average molecular weight is 401 g/mol. The molecule has 1 heterocycles. The van der Waals surface area contributed by atoms with Gasteiger partial charge in [0.15, 0.2) is 0 Å². The number of hydrogen-bond acceptors (Lipinski definition) is 8. The zero-order chi connectivity index (χ0) is 20.2. The van der Waals surface area contributed by atoms with Gasteiger partial charge in [-0.15, -0.1) is 0 Å². The van der Waals surface area contributed by atoms with Crippen molar-refractivity contribution >= 4 is 21.6 Å². The quantitative estimate of drug-likeness (QED) is 0.309. The number of carbonyl (C=O) groups excluding carboxylic acids is 1. The molecular formula is C16H25BNO8P. The minimum Gasteiger partial charge on any atom is -0.468 e. The van der Waals surface area contributed by atoms with Gasteiger partial charge in [-0.25, -0.2) is 4.57 Å². The lowest BCUT2D eigenvalue weighted by Gasteiger charge is -2.26. The maximum atomic E-state index is 13.2. The molecule has 11 heteroatoms.